The summed E-state index contributed by atoms with van der Waals surface area (Å²) >= 11 is 0. The topological polar surface area (TPSA) is 94.3 Å². The third kappa shape index (κ3) is 2.57. The molecule has 3 unspecified atom stereocenters. The number of amides is 3. The first-order valence-electron chi connectivity index (χ1n) is 11.6. The zero-order valence-electron chi connectivity index (χ0n) is 18.6. The van der Waals surface area contributed by atoms with Gasteiger partial charge in [-0.3, -0.25) is 24.6 Å². The first-order chi connectivity index (χ1) is 16.0. The van der Waals surface area contributed by atoms with E-state index in [-0.39, 0.29) is 29.8 Å². The first-order valence-corrected chi connectivity index (χ1v) is 11.6. The Labute approximate surface area is 191 Å². The van der Waals surface area contributed by atoms with Crippen LogP contribution in [0, 0.1) is 11.8 Å². The summed E-state index contributed by atoms with van der Waals surface area (Å²) in [6.45, 7) is 3.86. The maximum atomic E-state index is 13.8. The number of hydrogen-bond acceptors (Lipinski definition) is 4. The summed E-state index contributed by atoms with van der Waals surface area (Å²) in [5.74, 6) is -2.05. The normalized spacial score (nSPS) is 29.1. The van der Waals surface area contributed by atoms with Gasteiger partial charge in [0.05, 0.1) is 11.8 Å². The van der Waals surface area contributed by atoms with E-state index >= 15 is 0 Å². The molecule has 0 bridgehead atoms. The van der Waals surface area contributed by atoms with E-state index in [4.69, 9.17) is 0 Å². The van der Waals surface area contributed by atoms with Gasteiger partial charge in [-0.25, -0.2) is 0 Å². The Morgan fingerprint density at radius 3 is 2.61 bits per heavy atom. The highest BCUT2D eigenvalue weighted by Gasteiger charge is 2.70. The van der Waals surface area contributed by atoms with Gasteiger partial charge in [-0.15, -0.1) is 0 Å². The van der Waals surface area contributed by atoms with Gasteiger partial charge in [-0.1, -0.05) is 43.3 Å². The molecular formula is C26H26N4O3. The third-order valence-corrected chi connectivity index (χ3v) is 7.80. The molecule has 0 radical (unpaired) electrons. The zero-order chi connectivity index (χ0) is 22.9. The fourth-order valence-electron chi connectivity index (χ4n) is 6.11. The number of nitrogens with one attached hydrogen (secondary N) is 3. The average Bonchev–Trinajstić information content (AvgIpc) is 3.53. The Kier molecular flexibility index (Phi) is 4.29. The molecule has 0 aliphatic carbocycles. The van der Waals surface area contributed by atoms with Crippen LogP contribution in [0.3, 0.4) is 0 Å². The number of rotatable bonds is 4. The number of aromatic nitrogens is 1. The molecule has 6 rings (SSSR count). The minimum Gasteiger partial charge on any atom is -0.361 e. The summed E-state index contributed by atoms with van der Waals surface area (Å²) in [5, 5.41) is 7.56. The molecule has 3 amide bonds. The summed E-state index contributed by atoms with van der Waals surface area (Å²) in [6.07, 6.45) is 3.17. The molecule has 3 aliphatic heterocycles. The van der Waals surface area contributed by atoms with Gasteiger partial charge in [0.15, 0.2) is 0 Å². The van der Waals surface area contributed by atoms with Crippen molar-refractivity contribution in [2.24, 2.45) is 11.8 Å². The van der Waals surface area contributed by atoms with Crippen LogP contribution < -0.4 is 10.6 Å². The molecule has 7 nitrogen and oxygen atoms in total. The number of para-hydroxylation sites is 2. The predicted octanol–water partition coefficient (Wildman–Crippen LogP) is 2.93. The Morgan fingerprint density at radius 2 is 1.79 bits per heavy atom. The maximum Gasteiger partial charge on any atom is 0.250 e. The highest BCUT2D eigenvalue weighted by molar-refractivity contribution is 6.15. The quantitative estimate of drug-likeness (QED) is 0.542. The van der Waals surface area contributed by atoms with Gasteiger partial charge in [0.25, 0.3) is 0 Å². The zero-order valence-corrected chi connectivity index (χ0v) is 18.6. The maximum absolute atomic E-state index is 13.8. The van der Waals surface area contributed by atoms with Gasteiger partial charge < -0.3 is 10.3 Å². The van der Waals surface area contributed by atoms with Crippen molar-refractivity contribution in [1.29, 1.82) is 0 Å². The summed E-state index contributed by atoms with van der Waals surface area (Å²) in [7, 11) is 0. The minimum absolute atomic E-state index is 0.175. The van der Waals surface area contributed by atoms with E-state index in [9.17, 15) is 14.4 Å². The largest absolute Gasteiger partial charge is 0.361 e. The summed E-state index contributed by atoms with van der Waals surface area (Å²) < 4.78 is 0. The van der Waals surface area contributed by atoms with Crippen LogP contribution in [0.2, 0.25) is 0 Å². The molecule has 3 aromatic rings. The van der Waals surface area contributed by atoms with E-state index in [1.165, 1.54) is 4.90 Å². The molecule has 7 heteroatoms. The highest BCUT2D eigenvalue weighted by atomic mass is 16.2. The van der Waals surface area contributed by atoms with Crippen molar-refractivity contribution < 1.29 is 14.4 Å². The second-order valence-electron chi connectivity index (χ2n) is 9.43. The van der Waals surface area contributed by atoms with E-state index < -0.39 is 17.4 Å². The number of carbonyl (C=O) groups excluding carboxylic acids is 3. The molecule has 3 N–H and O–H groups in total. The predicted molar refractivity (Wildman–Crippen MR) is 124 cm³/mol. The SMILES string of the molecule is CCC(C)N1C(=O)[C@@H]2C(Cc3c[nH]c4ccccc34)NC3(C(=O)Nc4ccccc43)[C@@H]2C1=O. The fourth-order valence-corrected chi connectivity index (χ4v) is 6.11. The minimum atomic E-state index is -1.24. The number of aromatic amines is 1. The monoisotopic (exact) mass is 442 g/mol. The number of hydrogen-bond donors (Lipinski definition) is 3. The van der Waals surface area contributed by atoms with Crippen LogP contribution in [0.25, 0.3) is 10.9 Å². The van der Waals surface area contributed by atoms with E-state index in [0.717, 1.165) is 22.0 Å². The molecule has 0 saturated carbocycles. The number of benzene rings is 2. The molecular weight excluding hydrogens is 416 g/mol. The molecule has 1 spiro atoms. The number of likely N-dealkylation sites (tertiary alicyclic amines) is 1. The van der Waals surface area contributed by atoms with E-state index in [0.29, 0.717) is 18.5 Å². The number of carbonyl (C=O) groups is 3. The van der Waals surface area contributed by atoms with Crippen LogP contribution in [0.4, 0.5) is 5.69 Å². The lowest BCUT2D eigenvalue weighted by molar-refractivity contribution is -0.145. The van der Waals surface area contributed by atoms with Crippen molar-refractivity contribution in [1.82, 2.24) is 15.2 Å². The molecule has 2 fully saturated rings. The van der Waals surface area contributed by atoms with Crippen molar-refractivity contribution in [2.45, 2.75) is 44.3 Å². The molecule has 4 heterocycles. The van der Waals surface area contributed by atoms with Gasteiger partial charge in [0, 0.05) is 40.4 Å². The Bertz CT molecular complexity index is 1310. The van der Waals surface area contributed by atoms with E-state index in [1.807, 2.05) is 68.6 Å². The van der Waals surface area contributed by atoms with Crippen LogP contribution in [0.1, 0.15) is 31.4 Å². The second kappa shape index (κ2) is 7.02. The third-order valence-electron chi connectivity index (χ3n) is 7.80. The Balaban J connectivity index is 1.49. The fraction of sp³-hybridized carbons (Fsp3) is 0.346. The average molecular weight is 443 g/mol. The summed E-state index contributed by atoms with van der Waals surface area (Å²) in [4.78, 5) is 45.6. The molecule has 168 valence electrons. The van der Waals surface area contributed by atoms with Crippen LogP contribution in [-0.2, 0) is 26.3 Å². The number of nitrogens with zero attached hydrogens (tertiary/aromatic N) is 1. The molecule has 1 aromatic heterocycles. The molecule has 33 heavy (non-hydrogen) atoms. The lowest BCUT2D eigenvalue weighted by atomic mass is 9.76. The standard InChI is InChI=1S/C26H26N4O3/c1-3-14(2)30-23(31)21-20(12-15-13-27-18-10-6-4-8-16(15)18)29-26(22(21)24(30)32)17-9-5-7-11-19(17)28-25(26)33/h4-11,13-14,20-22,27,29H,3,12H2,1-2H3,(H,28,33)/t14?,20?,21-,22+,26?/m1/s1. The smallest absolute Gasteiger partial charge is 0.250 e. The van der Waals surface area contributed by atoms with Crippen LogP contribution >= 0.6 is 0 Å². The van der Waals surface area contributed by atoms with Crippen molar-refractivity contribution >= 4 is 34.3 Å². The van der Waals surface area contributed by atoms with Crippen molar-refractivity contribution in [3.8, 4) is 0 Å². The van der Waals surface area contributed by atoms with Crippen LogP contribution in [0.15, 0.2) is 54.7 Å². The molecule has 3 aliphatic rings. The van der Waals surface area contributed by atoms with E-state index in [1.54, 1.807) is 0 Å². The van der Waals surface area contributed by atoms with Crippen molar-refractivity contribution in [3.05, 3.63) is 65.9 Å². The van der Waals surface area contributed by atoms with Gasteiger partial charge in [-0.2, -0.15) is 0 Å². The number of fused-ring (bicyclic) bond motifs is 5. The summed E-state index contributed by atoms with van der Waals surface area (Å²) in [5.41, 5.74) is 2.29. The van der Waals surface area contributed by atoms with Gasteiger partial charge >= 0.3 is 0 Å². The number of anilines is 1. The molecule has 2 aromatic carbocycles. The summed E-state index contributed by atoms with van der Waals surface area (Å²) in [6, 6.07) is 14.9. The molecule has 5 atom stereocenters. The Morgan fingerprint density at radius 1 is 1.03 bits per heavy atom. The van der Waals surface area contributed by atoms with Gasteiger partial charge in [-0.05, 0) is 37.5 Å². The van der Waals surface area contributed by atoms with Gasteiger partial charge in [0.1, 0.15) is 5.54 Å². The second-order valence-corrected chi connectivity index (χ2v) is 9.43. The first kappa shape index (κ1) is 20.2. The van der Waals surface area contributed by atoms with Crippen molar-refractivity contribution in [3.63, 3.8) is 0 Å². The highest BCUT2D eigenvalue weighted by Crippen LogP contribution is 2.53. The van der Waals surface area contributed by atoms with Crippen molar-refractivity contribution in [2.75, 3.05) is 5.32 Å². The van der Waals surface area contributed by atoms with Crippen LogP contribution in [0.5, 0.6) is 0 Å². The van der Waals surface area contributed by atoms with E-state index in [2.05, 4.69) is 15.6 Å². The van der Waals surface area contributed by atoms with Crippen LogP contribution in [-0.4, -0.2) is 39.7 Å². The molecule has 2 saturated heterocycles. The lowest BCUT2D eigenvalue weighted by Gasteiger charge is -2.31. The van der Waals surface area contributed by atoms with Gasteiger partial charge in [0.2, 0.25) is 17.7 Å². The lowest BCUT2D eigenvalue weighted by Crippen LogP contribution is -2.54. The number of imide groups is 1. The number of H-pyrrole nitrogens is 1. The Hall–Kier alpha value is -3.45.